The van der Waals surface area contributed by atoms with Crippen LogP contribution in [0.3, 0.4) is 0 Å². The number of amides is 2. The van der Waals surface area contributed by atoms with E-state index in [4.69, 9.17) is 21.1 Å². The second-order valence-electron chi connectivity index (χ2n) is 5.59. The van der Waals surface area contributed by atoms with Gasteiger partial charge in [0, 0.05) is 31.2 Å². The molecule has 1 fully saturated rings. The molecule has 0 saturated carbocycles. The zero-order valence-electron chi connectivity index (χ0n) is 14.1. The molecule has 1 saturated heterocycles. The number of halogens is 1. The summed E-state index contributed by atoms with van der Waals surface area (Å²) < 4.78 is 10.4. The molecule has 0 aliphatic carbocycles. The minimum atomic E-state index is -0.309. The van der Waals surface area contributed by atoms with Crippen LogP contribution < -0.4 is 4.74 Å². The Balaban J connectivity index is 1.93. The number of hydrogen-bond donors (Lipinski definition) is 0. The Hall–Kier alpha value is -1.95. The number of ether oxygens (including phenoxy) is 2. The Bertz CT molecular complexity index is 586. The Morgan fingerprint density at radius 1 is 1.17 bits per heavy atom. The molecule has 0 aromatic heterocycles. The van der Waals surface area contributed by atoms with Gasteiger partial charge in [0.1, 0.15) is 5.75 Å². The summed E-state index contributed by atoms with van der Waals surface area (Å²) in [6.45, 7) is 4.31. The van der Waals surface area contributed by atoms with Crippen molar-refractivity contribution in [1.82, 2.24) is 9.80 Å². The van der Waals surface area contributed by atoms with E-state index in [0.717, 1.165) is 12.8 Å². The van der Waals surface area contributed by atoms with Gasteiger partial charge in [-0.15, -0.1) is 0 Å². The van der Waals surface area contributed by atoms with E-state index in [2.05, 4.69) is 0 Å². The number of hydrogen-bond acceptors (Lipinski definition) is 4. The summed E-state index contributed by atoms with van der Waals surface area (Å²) >= 11 is 5.99. The van der Waals surface area contributed by atoms with E-state index in [1.54, 1.807) is 28.0 Å². The van der Waals surface area contributed by atoms with Crippen LogP contribution in [-0.4, -0.2) is 61.7 Å². The van der Waals surface area contributed by atoms with Gasteiger partial charge in [0.2, 0.25) is 0 Å². The maximum absolute atomic E-state index is 12.7. The molecule has 7 heteroatoms. The minimum absolute atomic E-state index is 0.145. The maximum atomic E-state index is 12.7. The second-order valence-corrected chi connectivity index (χ2v) is 6.03. The lowest BCUT2D eigenvalue weighted by atomic mass is 10.1. The Morgan fingerprint density at radius 3 is 2.46 bits per heavy atom. The molecule has 24 heavy (non-hydrogen) atoms. The van der Waals surface area contributed by atoms with Crippen molar-refractivity contribution in [3.8, 4) is 5.75 Å². The van der Waals surface area contributed by atoms with Gasteiger partial charge in [0.15, 0.2) is 0 Å². The topological polar surface area (TPSA) is 59.1 Å². The van der Waals surface area contributed by atoms with Crippen LogP contribution in [0.4, 0.5) is 4.79 Å². The Labute approximate surface area is 147 Å². The summed E-state index contributed by atoms with van der Waals surface area (Å²) in [5.74, 6) is 0.346. The number of carbonyl (C=O) groups excluding carboxylic acids is 2. The second kappa shape index (κ2) is 8.78. The molecule has 0 bridgehead atoms. The van der Waals surface area contributed by atoms with Crippen molar-refractivity contribution in [2.45, 2.75) is 19.8 Å². The van der Waals surface area contributed by atoms with E-state index >= 15 is 0 Å². The van der Waals surface area contributed by atoms with Gasteiger partial charge in [-0.05, 0) is 24.6 Å². The summed E-state index contributed by atoms with van der Waals surface area (Å²) in [5.41, 5.74) is 0.434. The molecule has 132 valence electrons. The maximum Gasteiger partial charge on any atom is 0.409 e. The third-order valence-corrected chi connectivity index (χ3v) is 4.18. The number of piperazine rings is 1. The van der Waals surface area contributed by atoms with Gasteiger partial charge in [-0.1, -0.05) is 24.9 Å². The minimum Gasteiger partial charge on any atom is -0.496 e. The van der Waals surface area contributed by atoms with E-state index in [1.165, 1.54) is 7.11 Å². The van der Waals surface area contributed by atoms with E-state index in [-0.39, 0.29) is 12.0 Å². The standard InChI is InChI=1S/C17H23ClN2O4/c1-3-4-11-24-17(22)20-9-7-19(8-10-20)16(21)14-12-13(18)5-6-15(14)23-2/h5-6,12H,3-4,7-11H2,1-2H3. The monoisotopic (exact) mass is 354 g/mol. The van der Waals surface area contributed by atoms with Gasteiger partial charge in [-0.3, -0.25) is 4.79 Å². The van der Waals surface area contributed by atoms with Crippen molar-refractivity contribution in [1.29, 1.82) is 0 Å². The fourth-order valence-corrected chi connectivity index (χ4v) is 2.68. The molecule has 0 atom stereocenters. The SMILES string of the molecule is CCCCOC(=O)N1CCN(C(=O)c2cc(Cl)ccc2OC)CC1. The molecular weight excluding hydrogens is 332 g/mol. The largest absolute Gasteiger partial charge is 0.496 e. The molecule has 1 aliphatic heterocycles. The highest BCUT2D eigenvalue weighted by molar-refractivity contribution is 6.31. The molecule has 6 nitrogen and oxygen atoms in total. The smallest absolute Gasteiger partial charge is 0.409 e. The molecular formula is C17H23ClN2O4. The van der Waals surface area contributed by atoms with Crippen LogP contribution in [0.2, 0.25) is 5.02 Å². The molecule has 1 aromatic carbocycles. The average Bonchev–Trinajstić information content (AvgIpc) is 2.61. The van der Waals surface area contributed by atoms with Crippen molar-refractivity contribution in [3.05, 3.63) is 28.8 Å². The zero-order valence-corrected chi connectivity index (χ0v) is 14.8. The first-order valence-electron chi connectivity index (χ1n) is 8.11. The van der Waals surface area contributed by atoms with Crippen molar-refractivity contribution >= 4 is 23.6 Å². The van der Waals surface area contributed by atoms with Crippen LogP contribution in [-0.2, 0) is 4.74 Å². The number of methoxy groups -OCH3 is 1. The van der Waals surface area contributed by atoms with Crippen molar-refractivity contribution < 1.29 is 19.1 Å². The van der Waals surface area contributed by atoms with E-state index in [1.807, 2.05) is 6.92 Å². The molecule has 1 aliphatic rings. The average molecular weight is 355 g/mol. The normalized spacial score (nSPS) is 14.5. The summed E-state index contributed by atoms with van der Waals surface area (Å²) in [5, 5.41) is 0.484. The highest BCUT2D eigenvalue weighted by atomic mass is 35.5. The summed E-state index contributed by atoms with van der Waals surface area (Å²) in [6, 6.07) is 4.96. The Kier molecular flexibility index (Phi) is 6.73. The van der Waals surface area contributed by atoms with E-state index in [9.17, 15) is 9.59 Å². The highest BCUT2D eigenvalue weighted by Crippen LogP contribution is 2.24. The van der Waals surface area contributed by atoms with Crippen LogP contribution >= 0.6 is 11.6 Å². The molecule has 0 spiro atoms. The molecule has 0 N–H and O–H groups in total. The molecule has 1 heterocycles. The number of unbranched alkanes of at least 4 members (excludes halogenated alkanes) is 1. The fraction of sp³-hybridized carbons (Fsp3) is 0.529. The van der Waals surface area contributed by atoms with Crippen LogP contribution in [0.25, 0.3) is 0 Å². The van der Waals surface area contributed by atoms with Crippen LogP contribution in [0.5, 0.6) is 5.75 Å². The molecule has 2 amide bonds. The number of rotatable bonds is 5. The predicted molar refractivity (Wildman–Crippen MR) is 91.7 cm³/mol. The number of carbonyl (C=O) groups is 2. The van der Waals surface area contributed by atoms with Gasteiger partial charge in [0.05, 0.1) is 19.3 Å². The lowest BCUT2D eigenvalue weighted by molar-refractivity contribution is 0.0555. The first-order valence-corrected chi connectivity index (χ1v) is 8.49. The van der Waals surface area contributed by atoms with Crippen LogP contribution in [0.1, 0.15) is 30.1 Å². The fourth-order valence-electron chi connectivity index (χ4n) is 2.50. The van der Waals surface area contributed by atoms with E-state index in [0.29, 0.717) is 49.1 Å². The van der Waals surface area contributed by atoms with Crippen molar-refractivity contribution in [2.75, 3.05) is 39.9 Å². The molecule has 2 rings (SSSR count). The lowest BCUT2D eigenvalue weighted by Gasteiger charge is -2.34. The lowest BCUT2D eigenvalue weighted by Crippen LogP contribution is -2.50. The van der Waals surface area contributed by atoms with E-state index < -0.39 is 0 Å². The first kappa shape index (κ1) is 18.4. The quantitative estimate of drug-likeness (QED) is 0.762. The van der Waals surface area contributed by atoms with Gasteiger partial charge in [0.25, 0.3) is 5.91 Å². The molecule has 1 aromatic rings. The van der Waals surface area contributed by atoms with Gasteiger partial charge < -0.3 is 19.3 Å². The molecule has 0 radical (unpaired) electrons. The summed E-state index contributed by atoms with van der Waals surface area (Å²) in [6.07, 6.45) is 1.53. The Morgan fingerprint density at radius 2 is 1.83 bits per heavy atom. The van der Waals surface area contributed by atoms with Gasteiger partial charge >= 0.3 is 6.09 Å². The van der Waals surface area contributed by atoms with Gasteiger partial charge in [-0.2, -0.15) is 0 Å². The summed E-state index contributed by atoms with van der Waals surface area (Å²) in [7, 11) is 1.52. The number of benzene rings is 1. The first-order chi connectivity index (χ1) is 11.6. The highest BCUT2D eigenvalue weighted by Gasteiger charge is 2.27. The molecule has 0 unspecified atom stereocenters. The van der Waals surface area contributed by atoms with Crippen LogP contribution in [0, 0.1) is 0 Å². The van der Waals surface area contributed by atoms with Gasteiger partial charge in [-0.25, -0.2) is 4.79 Å². The zero-order chi connectivity index (χ0) is 17.5. The predicted octanol–water partition coefficient (Wildman–Crippen LogP) is 3.04. The van der Waals surface area contributed by atoms with Crippen LogP contribution in [0.15, 0.2) is 18.2 Å². The number of nitrogens with zero attached hydrogens (tertiary/aromatic N) is 2. The third-order valence-electron chi connectivity index (χ3n) is 3.94. The third kappa shape index (κ3) is 4.54. The summed E-state index contributed by atoms with van der Waals surface area (Å²) in [4.78, 5) is 27.9. The van der Waals surface area contributed by atoms with Crippen molar-refractivity contribution in [2.24, 2.45) is 0 Å². The van der Waals surface area contributed by atoms with Crippen molar-refractivity contribution in [3.63, 3.8) is 0 Å².